The van der Waals surface area contributed by atoms with Gasteiger partial charge in [-0.2, -0.15) is 0 Å². The number of benzene rings is 8. The van der Waals surface area contributed by atoms with E-state index in [1.807, 2.05) is 0 Å². The highest BCUT2D eigenvalue weighted by Gasteiger charge is 2.20. The molecule has 0 atom stereocenters. The van der Waals surface area contributed by atoms with E-state index in [-0.39, 0.29) is 0 Å². The van der Waals surface area contributed by atoms with Crippen molar-refractivity contribution in [3.05, 3.63) is 176 Å². The van der Waals surface area contributed by atoms with Crippen molar-refractivity contribution in [1.29, 1.82) is 0 Å². The van der Waals surface area contributed by atoms with Gasteiger partial charge in [-0.3, -0.25) is 0 Å². The lowest BCUT2D eigenvalue weighted by Gasteiger charge is -2.29. The molecule has 0 aliphatic heterocycles. The molecule has 1 nitrogen and oxygen atoms in total. The van der Waals surface area contributed by atoms with E-state index in [4.69, 9.17) is 0 Å². The van der Waals surface area contributed by atoms with Gasteiger partial charge in [0.05, 0.1) is 11.4 Å². The van der Waals surface area contributed by atoms with Gasteiger partial charge in [-0.05, 0) is 74.1 Å². The zero-order valence-corrected chi connectivity index (χ0v) is 23.7. The van der Waals surface area contributed by atoms with Crippen LogP contribution in [0.25, 0.3) is 54.6 Å². The summed E-state index contributed by atoms with van der Waals surface area (Å²) in [6.45, 7) is 0. The van der Waals surface area contributed by atoms with Gasteiger partial charge in [0.1, 0.15) is 0 Å². The molecule has 0 bridgehead atoms. The Balaban J connectivity index is 1.44. The Morgan fingerprint density at radius 1 is 0.279 bits per heavy atom. The van der Waals surface area contributed by atoms with Crippen molar-refractivity contribution >= 4 is 49.4 Å². The van der Waals surface area contributed by atoms with Crippen LogP contribution in [0.15, 0.2) is 176 Å². The van der Waals surface area contributed by atoms with E-state index in [2.05, 4.69) is 181 Å². The second-order valence-corrected chi connectivity index (χ2v) is 11.0. The van der Waals surface area contributed by atoms with E-state index in [1.165, 1.54) is 54.6 Å². The summed E-state index contributed by atoms with van der Waals surface area (Å²) in [5.74, 6) is 0. The topological polar surface area (TPSA) is 3.24 Å². The Morgan fingerprint density at radius 2 is 0.744 bits per heavy atom. The van der Waals surface area contributed by atoms with E-state index in [1.54, 1.807) is 0 Å². The second kappa shape index (κ2) is 10.6. The van der Waals surface area contributed by atoms with Gasteiger partial charge in [0.15, 0.2) is 0 Å². The van der Waals surface area contributed by atoms with Gasteiger partial charge in [-0.15, -0.1) is 0 Å². The minimum atomic E-state index is 1.12. The van der Waals surface area contributed by atoms with Crippen LogP contribution in [0.4, 0.5) is 17.1 Å². The van der Waals surface area contributed by atoms with Crippen LogP contribution in [0.3, 0.4) is 0 Å². The molecule has 0 amide bonds. The molecule has 0 heterocycles. The zero-order valence-electron chi connectivity index (χ0n) is 23.7. The van der Waals surface area contributed by atoms with Gasteiger partial charge in [-0.1, -0.05) is 146 Å². The summed E-state index contributed by atoms with van der Waals surface area (Å²) in [7, 11) is 0. The summed E-state index contributed by atoms with van der Waals surface area (Å²) in [6, 6.07) is 63.5. The molecule has 8 rings (SSSR count). The average Bonchev–Trinajstić information content (AvgIpc) is 3.09. The van der Waals surface area contributed by atoms with Gasteiger partial charge < -0.3 is 4.90 Å². The highest BCUT2D eigenvalue weighted by atomic mass is 15.1. The van der Waals surface area contributed by atoms with Crippen LogP contribution in [0.5, 0.6) is 0 Å². The number of anilines is 3. The summed E-state index contributed by atoms with van der Waals surface area (Å²) in [5.41, 5.74) is 8.27. The van der Waals surface area contributed by atoms with Gasteiger partial charge in [0.25, 0.3) is 0 Å². The molecule has 0 spiro atoms. The third-order valence-corrected chi connectivity index (χ3v) is 8.41. The van der Waals surface area contributed by atoms with Crippen LogP contribution in [-0.2, 0) is 0 Å². The maximum Gasteiger partial charge on any atom is 0.0546 e. The normalized spacial score (nSPS) is 11.3. The third-order valence-electron chi connectivity index (χ3n) is 8.41. The molecular weight excluding hydrogens is 518 g/mol. The van der Waals surface area contributed by atoms with Gasteiger partial charge in [0, 0.05) is 16.5 Å². The van der Waals surface area contributed by atoms with E-state index in [0.717, 1.165) is 17.1 Å². The highest BCUT2D eigenvalue weighted by molar-refractivity contribution is 6.16. The predicted molar refractivity (Wildman–Crippen MR) is 185 cm³/mol. The molecule has 0 fully saturated rings. The molecule has 0 saturated heterocycles. The first kappa shape index (κ1) is 25.1. The standard InChI is InChI=1S/C42H29N/c1-3-13-30(14-4-1)32-23-25-36(26-24-32)43(42-28-34-18-7-9-19-37(34)39-21-11-12-22-40(39)42)41-29-35(31-15-5-2-6-16-31)27-33-17-8-10-20-38(33)41/h1-29H. The summed E-state index contributed by atoms with van der Waals surface area (Å²) in [4.78, 5) is 2.46. The Morgan fingerprint density at radius 3 is 1.42 bits per heavy atom. The first-order chi connectivity index (χ1) is 21.3. The predicted octanol–water partition coefficient (Wildman–Crippen LogP) is 11.9. The van der Waals surface area contributed by atoms with E-state index >= 15 is 0 Å². The maximum absolute atomic E-state index is 2.46. The Hall–Kier alpha value is -5.66. The second-order valence-electron chi connectivity index (χ2n) is 11.0. The van der Waals surface area contributed by atoms with E-state index < -0.39 is 0 Å². The van der Waals surface area contributed by atoms with Gasteiger partial charge in [0.2, 0.25) is 0 Å². The Bertz CT molecular complexity index is 2220. The molecule has 0 unspecified atom stereocenters. The molecule has 0 aliphatic carbocycles. The number of fused-ring (bicyclic) bond motifs is 4. The molecule has 8 aromatic carbocycles. The summed E-state index contributed by atoms with van der Waals surface area (Å²) in [5, 5.41) is 7.41. The van der Waals surface area contributed by atoms with Gasteiger partial charge in [-0.25, -0.2) is 0 Å². The van der Waals surface area contributed by atoms with Crippen molar-refractivity contribution in [2.24, 2.45) is 0 Å². The first-order valence-electron chi connectivity index (χ1n) is 14.8. The molecule has 0 aromatic heterocycles. The van der Waals surface area contributed by atoms with Crippen molar-refractivity contribution in [3.8, 4) is 22.3 Å². The van der Waals surface area contributed by atoms with Crippen LogP contribution in [0, 0.1) is 0 Å². The monoisotopic (exact) mass is 547 g/mol. The van der Waals surface area contributed by atoms with Crippen molar-refractivity contribution < 1.29 is 0 Å². The summed E-state index contributed by atoms with van der Waals surface area (Å²) >= 11 is 0. The lowest BCUT2D eigenvalue weighted by Crippen LogP contribution is -2.11. The maximum atomic E-state index is 2.46. The van der Waals surface area contributed by atoms with E-state index in [9.17, 15) is 0 Å². The molecule has 0 N–H and O–H groups in total. The smallest absolute Gasteiger partial charge is 0.0546 e. The highest BCUT2D eigenvalue weighted by Crippen LogP contribution is 2.45. The fourth-order valence-electron chi connectivity index (χ4n) is 6.33. The molecule has 43 heavy (non-hydrogen) atoms. The summed E-state index contributed by atoms with van der Waals surface area (Å²) < 4.78 is 0. The quantitative estimate of drug-likeness (QED) is 0.194. The largest absolute Gasteiger partial charge is 0.309 e. The Labute approximate surface area is 251 Å². The molecule has 202 valence electrons. The lowest BCUT2D eigenvalue weighted by molar-refractivity contribution is 1.32. The van der Waals surface area contributed by atoms with Crippen LogP contribution < -0.4 is 4.90 Å². The summed E-state index contributed by atoms with van der Waals surface area (Å²) in [6.07, 6.45) is 0. The average molecular weight is 548 g/mol. The van der Waals surface area contributed by atoms with Crippen molar-refractivity contribution in [2.45, 2.75) is 0 Å². The molecule has 1 heteroatoms. The molecule has 0 saturated carbocycles. The van der Waals surface area contributed by atoms with Crippen LogP contribution in [-0.4, -0.2) is 0 Å². The minimum Gasteiger partial charge on any atom is -0.309 e. The van der Waals surface area contributed by atoms with Crippen LogP contribution >= 0.6 is 0 Å². The van der Waals surface area contributed by atoms with Gasteiger partial charge >= 0.3 is 0 Å². The van der Waals surface area contributed by atoms with E-state index in [0.29, 0.717) is 0 Å². The van der Waals surface area contributed by atoms with Crippen molar-refractivity contribution in [1.82, 2.24) is 0 Å². The first-order valence-corrected chi connectivity index (χ1v) is 14.8. The fourth-order valence-corrected chi connectivity index (χ4v) is 6.33. The zero-order chi connectivity index (χ0) is 28.6. The molecule has 8 aromatic rings. The minimum absolute atomic E-state index is 1.12. The molecular formula is C42H29N. The van der Waals surface area contributed by atoms with Crippen molar-refractivity contribution in [2.75, 3.05) is 4.90 Å². The number of hydrogen-bond donors (Lipinski definition) is 0. The number of nitrogens with zero attached hydrogens (tertiary/aromatic N) is 1. The number of hydrogen-bond acceptors (Lipinski definition) is 1. The van der Waals surface area contributed by atoms with Crippen molar-refractivity contribution in [3.63, 3.8) is 0 Å². The number of rotatable bonds is 5. The lowest BCUT2D eigenvalue weighted by atomic mass is 9.96. The van der Waals surface area contributed by atoms with Crippen LogP contribution in [0.2, 0.25) is 0 Å². The van der Waals surface area contributed by atoms with Crippen LogP contribution in [0.1, 0.15) is 0 Å². The fraction of sp³-hybridized carbons (Fsp3) is 0. The molecule has 0 radical (unpaired) electrons. The Kier molecular flexibility index (Phi) is 6.20. The third kappa shape index (κ3) is 4.52. The SMILES string of the molecule is c1ccc(-c2ccc(N(c3cc(-c4ccccc4)cc4ccccc34)c3cc4ccccc4c4ccccc34)cc2)cc1. The molecule has 0 aliphatic rings.